The van der Waals surface area contributed by atoms with E-state index in [2.05, 4.69) is 30.6 Å². The van der Waals surface area contributed by atoms with Crippen molar-refractivity contribution in [3.05, 3.63) is 53.8 Å². The highest BCUT2D eigenvalue weighted by Crippen LogP contribution is 2.37. The fourth-order valence-electron chi connectivity index (χ4n) is 4.99. The first-order valence-electron chi connectivity index (χ1n) is 12.2. The lowest BCUT2D eigenvalue weighted by Gasteiger charge is -2.29. The Morgan fingerprint density at radius 3 is 2.61 bits per heavy atom. The summed E-state index contributed by atoms with van der Waals surface area (Å²) in [4.78, 5) is 19.2. The van der Waals surface area contributed by atoms with Gasteiger partial charge in [-0.3, -0.25) is 9.69 Å². The predicted molar refractivity (Wildman–Crippen MR) is 132 cm³/mol. The molecule has 0 saturated carbocycles. The molecule has 0 N–H and O–H groups in total. The summed E-state index contributed by atoms with van der Waals surface area (Å²) < 4.78 is 20.9. The normalized spacial score (nSPS) is 20.4. The van der Waals surface area contributed by atoms with Crippen molar-refractivity contribution in [1.29, 1.82) is 0 Å². The number of nitrogens with zero attached hydrogens (tertiary/aromatic N) is 3. The average molecular weight is 454 g/mol. The molecule has 2 heterocycles. The van der Waals surface area contributed by atoms with Gasteiger partial charge in [-0.05, 0) is 75.1 Å². The van der Waals surface area contributed by atoms with Gasteiger partial charge in [-0.1, -0.05) is 13.3 Å². The van der Waals surface area contributed by atoms with Crippen LogP contribution in [0.1, 0.15) is 50.4 Å². The summed E-state index contributed by atoms with van der Waals surface area (Å²) in [6.45, 7) is 10.2. The van der Waals surface area contributed by atoms with Gasteiger partial charge in [0.1, 0.15) is 11.6 Å². The van der Waals surface area contributed by atoms with Gasteiger partial charge in [0.2, 0.25) is 0 Å². The van der Waals surface area contributed by atoms with Crippen LogP contribution in [0.15, 0.2) is 42.5 Å². The van der Waals surface area contributed by atoms with Gasteiger partial charge in [-0.15, -0.1) is 0 Å². The third-order valence-corrected chi connectivity index (χ3v) is 7.11. The molecule has 2 aliphatic heterocycles. The van der Waals surface area contributed by atoms with E-state index in [-0.39, 0.29) is 11.7 Å². The lowest BCUT2D eigenvalue weighted by molar-refractivity contribution is 0.0993. The maximum Gasteiger partial charge on any atom is 0.258 e. The van der Waals surface area contributed by atoms with Crippen molar-refractivity contribution < 1.29 is 13.9 Å². The Bertz CT molecular complexity index is 962. The predicted octanol–water partition coefficient (Wildman–Crippen LogP) is 5.20. The number of hydrogen-bond donors (Lipinski definition) is 0. The van der Waals surface area contributed by atoms with Gasteiger partial charge in [0, 0.05) is 50.0 Å². The van der Waals surface area contributed by atoms with E-state index in [0.717, 1.165) is 44.6 Å². The number of likely N-dealkylation sites (tertiary alicyclic amines) is 1. The van der Waals surface area contributed by atoms with E-state index in [1.807, 2.05) is 24.3 Å². The number of unbranched alkanes of at least 4 members (excludes halogenated alkanes) is 1. The number of benzene rings is 2. The molecule has 1 amide bonds. The molecule has 2 aromatic carbocycles. The van der Waals surface area contributed by atoms with Crippen LogP contribution >= 0.6 is 0 Å². The van der Waals surface area contributed by atoms with Crippen molar-refractivity contribution in [3.63, 3.8) is 0 Å². The number of halogens is 1. The number of rotatable bonds is 8. The fourth-order valence-corrected chi connectivity index (χ4v) is 4.99. The zero-order valence-electron chi connectivity index (χ0n) is 20.3. The largest absolute Gasteiger partial charge is 0.494 e. The standard InChI is InChI=1S/C27H36FN3O2/c1-5-6-15-33-23-10-7-20(8-11-23)27(32)29(4)22-9-12-25(24(28)16-22)31-14-13-21-17-30(19(2)3)18-26(21)31/h7-12,16,19,21,26H,5-6,13-15,17-18H2,1-4H3. The van der Waals surface area contributed by atoms with Gasteiger partial charge in [0.15, 0.2) is 0 Å². The molecule has 2 unspecified atom stereocenters. The Kier molecular flexibility index (Phi) is 7.23. The molecule has 2 saturated heterocycles. The molecular formula is C27H36FN3O2. The molecule has 2 aromatic rings. The van der Waals surface area contributed by atoms with Crippen LogP contribution in [0.4, 0.5) is 15.8 Å². The van der Waals surface area contributed by atoms with Crippen LogP contribution in [0.5, 0.6) is 5.75 Å². The molecule has 178 valence electrons. The van der Waals surface area contributed by atoms with Gasteiger partial charge < -0.3 is 14.5 Å². The summed E-state index contributed by atoms with van der Waals surface area (Å²) in [5, 5.41) is 0. The second-order valence-electron chi connectivity index (χ2n) is 9.58. The van der Waals surface area contributed by atoms with E-state index in [9.17, 15) is 4.79 Å². The molecule has 33 heavy (non-hydrogen) atoms. The Balaban J connectivity index is 1.44. The molecule has 2 fully saturated rings. The van der Waals surface area contributed by atoms with Crippen molar-refractivity contribution >= 4 is 17.3 Å². The molecule has 0 bridgehead atoms. The van der Waals surface area contributed by atoms with E-state index in [1.165, 1.54) is 11.0 Å². The third-order valence-electron chi connectivity index (χ3n) is 7.11. The van der Waals surface area contributed by atoms with E-state index < -0.39 is 0 Å². The monoisotopic (exact) mass is 453 g/mol. The molecule has 4 rings (SSSR count). The van der Waals surface area contributed by atoms with Gasteiger partial charge in [-0.25, -0.2) is 4.39 Å². The highest BCUT2D eigenvalue weighted by molar-refractivity contribution is 6.05. The quantitative estimate of drug-likeness (QED) is 0.515. The van der Waals surface area contributed by atoms with Crippen molar-refractivity contribution in [1.82, 2.24) is 4.90 Å². The van der Waals surface area contributed by atoms with Crippen molar-refractivity contribution in [3.8, 4) is 5.75 Å². The lowest BCUT2D eigenvalue weighted by atomic mass is 10.0. The fraction of sp³-hybridized carbons (Fsp3) is 0.519. The average Bonchev–Trinajstić information content (AvgIpc) is 3.40. The van der Waals surface area contributed by atoms with Crippen LogP contribution in [0.2, 0.25) is 0 Å². The van der Waals surface area contributed by atoms with Crippen LogP contribution in [0, 0.1) is 11.7 Å². The van der Waals surface area contributed by atoms with Crippen LogP contribution in [0.3, 0.4) is 0 Å². The van der Waals surface area contributed by atoms with Crippen molar-refractivity contribution in [2.75, 3.05) is 43.1 Å². The molecule has 2 aliphatic rings. The SMILES string of the molecule is CCCCOc1ccc(C(=O)N(C)c2ccc(N3CCC4CN(C(C)C)CC43)c(F)c2)cc1. The minimum absolute atomic E-state index is 0.174. The molecular weight excluding hydrogens is 417 g/mol. The van der Waals surface area contributed by atoms with Gasteiger partial charge in [0.05, 0.1) is 12.3 Å². The number of amides is 1. The summed E-state index contributed by atoms with van der Waals surface area (Å²) in [5.74, 6) is 0.914. The third kappa shape index (κ3) is 5.01. The first kappa shape index (κ1) is 23.6. The summed E-state index contributed by atoms with van der Waals surface area (Å²) >= 11 is 0. The van der Waals surface area contributed by atoms with E-state index >= 15 is 4.39 Å². The van der Waals surface area contributed by atoms with Crippen LogP contribution in [-0.4, -0.2) is 56.2 Å². The lowest BCUT2D eigenvalue weighted by Crippen LogP contribution is -2.37. The van der Waals surface area contributed by atoms with Gasteiger partial charge in [0.25, 0.3) is 5.91 Å². The Hall–Kier alpha value is -2.60. The zero-order chi connectivity index (χ0) is 23.5. The second kappa shape index (κ2) is 10.1. The zero-order valence-corrected chi connectivity index (χ0v) is 20.3. The molecule has 2 atom stereocenters. The minimum atomic E-state index is -0.268. The van der Waals surface area contributed by atoms with Crippen molar-refractivity contribution in [2.45, 2.75) is 52.1 Å². The van der Waals surface area contributed by atoms with Crippen molar-refractivity contribution in [2.24, 2.45) is 5.92 Å². The van der Waals surface area contributed by atoms with Gasteiger partial charge in [-0.2, -0.15) is 0 Å². The number of carbonyl (C=O) groups is 1. The first-order chi connectivity index (χ1) is 15.9. The number of carbonyl (C=O) groups excluding carboxylic acids is 1. The highest BCUT2D eigenvalue weighted by Gasteiger charge is 2.42. The summed E-state index contributed by atoms with van der Waals surface area (Å²) in [7, 11) is 1.69. The van der Waals surface area contributed by atoms with E-state index in [0.29, 0.717) is 41.5 Å². The molecule has 5 nitrogen and oxygen atoms in total. The van der Waals surface area contributed by atoms with E-state index in [1.54, 1.807) is 19.2 Å². The number of ether oxygens (including phenoxy) is 1. The first-order valence-corrected chi connectivity index (χ1v) is 12.2. The van der Waals surface area contributed by atoms with Gasteiger partial charge >= 0.3 is 0 Å². The van der Waals surface area contributed by atoms with Crippen LogP contribution in [0.25, 0.3) is 0 Å². The van der Waals surface area contributed by atoms with Crippen LogP contribution in [-0.2, 0) is 0 Å². The maximum atomic E-state index is 15.2. The minimum Gasteiger partial charge on any atom is -0.494 e. The Morgan fingerprint density at radius 1 is 1.18 bits per heavy atom. The Labute approximate surface area is 197 Å². The molecule has 0 aliphatic carbocycles. The topological polar surface area (TPSA) is 36.0 Å². The van der Waals surface area contributed by atoms with E-state index in [4.69, 9.17) is 4.74 Å². The summed E-state index contributed by atoms with van der Waals surface area (Å²) in [6.07, 6.45) is 3.18. The smallest absolute Gasteiger partial charge is 0.258 e. The second-order valence-corrected chi connectivity index (χ2v) is 9.58. The number of hydrogen-bond acceptors (Lipinski definition) is 4. The Morgan fingerprint density at radius 2 is 1.94 bits per heavy atom. The number of fused-ring (bicyclic) bond motifs is 1. The molecule has 0 radical (unpaired) electrons. The summed E-state index contributed by atoms with van der Waals surface area (Å²) in [6, 6.07) is 13.2. The molecule has 0 aromatic heterocycles. The maximum absolute atomic E-state index is 15.2. The number of anilines is 2. The highest BCUT2D eigenvalue weighted by atomic mass is 19.1. The van der Waals surface area contributed by atoms with Crippen LogP contribution < -0.4 is 14.5 Å². The summed E-state index contributed by atoms with van der Waals surface area (Å²) in [5.41, 5.74) is 1.74. The molecule has 6 heteroatoms. The molecule has 0 spiro atoms.